The fourth-order valence-electron chi connectivity index (χ4n) is 2.48. The molecule has 0 aromatic heterocycles. The molecule has 0 radical (unpaired) electrons. The predicted molar refractivity (Wildman–Crippen MR) is 59.9 cm³/mol. The molecule has 0 aromatic rings. The van der Waals surface area contributed by atoms with Crippen molar-refractivity contribution in [2.45, 2.75) is 44.0 Å². The topological polar surface area (TPSA) is 30.5 Å². The van der Waals surface area contributed by atoms with Crippen LogP contribution in [0.1, 0.15) is 26.2 Å². The summed E-state index contributed by atoms with van der Waals surface area (Å²) >= 11 is 0. The Bertz CT molecular complexity index is 224. The fourth-order valence-corrected chi connectivity index (χ4v) is 2.48. The van der Waals surface area contributed by atoms with Crippen LogP contribution in [0.25, 0.3) is 0 Å². The highest BCUT2D eigenvalue weighted by Crippen LogP contribution is 2.35. The van der Waals surface area contributed by atoms with E-state index in [0.717, 1.165) is 39.0 Å². The lowest BCUT2D eigenvalue weighted by atomic mass is 9.89. The van der Waals surface area contributed by atoms with Gasteiger partial charge in [0.25, 0.3) is 0 Å². The van der Waals surface area contributed by atoms with Gasteiger partial charge < -0.3 is 14.8 Å². The molecule has 1 spiro atoms. The SMILES string of the molecule is C=CC(C)OC1COC2(CCNCC2)C1. The Labute approximate surface area is 91.8 Å². The first-order valence-corrected chi connectivity index (χ1v) is 5.87. The fraction of sp³-hybridized carbons (Fsp3) is 0.833. The van der Waals surface area contributed by atoms with Crippen LogP contribution in [0, 0.1) is 0 Å². The Kier molecular flexibility index (Phi) is 3.44. The quantitative estimate of drug-likeness (QED) is 0.717. The van der Waals surface area contributed by atoms with Gasteiger partial charge in [-0.2, -0.15) is 0 Å². The molecule has 2 unspecified atom stereocenters. The average Bonchev–Trinajstić information content (AvgIpc) is 2.62. The molecule has 15 heavy (non-hydrogen) atoms. The van der Waals surface area contributed by atoms with Gasteiger partial charge in [0, 0.05) is 6.42 Å². The number of nitrogens with one attached hydrogen (secondary N) is 1. The molecule has 0 bridgehead atoms. The zero-order valence-electron chi connectivity index (χ0n) is 9.50. The van der Waals surface area contributed by atoms with Crippen molar-refractivity contribution in [1.82, 2.24) is 5.32 Å². The first kappa shape index (κ1) is 11.1. The van der Waals surface area contributed by atoms with Gasteiger partial charge in [-0.15, -0.1) is 6.58 Å². The maximum absolute atomic E-state index is 5.94. The summed E-state index contributed by atoms with van der Waals surface area (Å²) in [5.41, 5.74) is 0.108. The van der Waals surface area contributed by atoms with Gasteiger partial charge in [0.1, 0.15) is 0 Å². The highest BCUT2D eigenvalue weighted by Gasteiger charge is 2.41. The third-order valence-electron chi connectivity index (χ3n) is 3.43. The largest absolute Gasteiger partial charge is 0.372 e. The lowest BCUT2D eigenvalue weighted by molar-refractivity contribution is -0.0255. The van der Waals surface area contributed by atoms with E-state index in [4.69, 9.17) is 9.47 Å². The summed E-state index contributed by atoms with van der Waals surface area (Å²) < 4.78 is 11.8. The lowest BCUT2D eigenvalue weighted by Crippen LogP contribution is -2.41. The molecule has 0 aromatic carbocycles. The Morgan fingerprint density at radius 1 is 1.53 bits per heavy atom. The van der Waals surface area contributed by atoms with Crippen molar-refractivity contribution in [2.24, 2.45) is 0 Å². The Hall–Kier alpha value is -0.380. The van der Waals surface area contributed by atoms with Crippen LogP contribution < -0.4 is 5.32 Å². The normalized spacial score (nSPS) is 31.7. The van der Waals surface area contributed by atoms with Crippen molar-refractivity contribution < 1.29 is 9.47 Å². The second kappa shape index (κ2) is 4.64. The van der Waals surface area contributed by atoms with Gasteiger partial charge >= 0.3 is 0 Å². The van der Waals surface area contributed by atoms with E-state index in [1.165, 1.54) is 0 Å². The van der Waals surface area contributed by atoms with Gasteiger partial charge in [-0.05, 0) is 32.9 Å². The maximum Gasteiger partial charge on any atom is 0.0844 e. The van der Waals surface area contributed by atoms with E-state index in [-0.39, 0.29) is 17.8 Å². The smallest absolute Gasteiger partial charge is 0.0844 e. The summed E-state index contributed by atoms with van der Waals surface area (Å²) in [6.07, 6.45) is 5.52. The minimum atomic E-state index is 0.108. The van der Waals surface area contributed by atoms with E-state index < -0.39 is 0 Å². The summed E-state index contributed by atoms with van der Waals surface area (Å²) in [4.78, 5) is 0. The van der Waals surface area contributed by atoms with Crippen LogP contribution in [-0.2, 0) is 9.47 Å². The third kappa shape index (κ3) is 2.60. The molecule has 2 heterocycles. The number of ether oxygens (including phenoxy) is 2. The molecule has 0 aliphatic carbocycles. The molecule has 3 nitrogen and oxygen atoms in total. The van der Waals surface area contributed by atoms with Gasteiger partial charge in [-0.25, -0.2) is 0 Å². The number of hydrogen-bond donors (Lipinski definition) is 1. The highest BCUT2D eigenvalue weighted by molar-refractivity contribution is 4.94. The monoisotopic (exact) mass is 211 g/mol. The minimum Gasteiger partial charge on any atom is -0.372 e. The van der Waals surface area contributed by atoms with Crippen LogP contribution >= 0.6 is 0 Å². The third-order valence-corrected chi connectivity index (χ3v) is 3.43. The van der Waals surface area contributed by atoms with Crippen LogP contribution in [-0.4, -0.2) is 37.5 Å². The standard InChI is InChI=1S/C12H21NO2/c1-3-10(2)15-11-8-12(14-9-11)4-6-13-7-5-12/h3,10-11,13H,1,4-9H2,2H3. The summed E-state index contributed by atoms with van der Waals surface area (Å²) in [5, 5.41) is 3.37. The van der Waals surface area contributed by atoms with Crippen molar-refractivity contribution in [3.8, 4) is 0 Å². The number of hydrogen-bond acceptors (Lipinski definition) is 3. The molecule has 86 valence electrons. The highest BCUT2D eigenvalue weighted by atomic mass is 16.6. The molecule has 2 aliphatic rings. The Balaban J connectivity index is 1.85. The zero-order chi connectivity index (χ0) is 10.7. The van der Waals surface area contributed by atoms with Crippen molar-refractivity contribution in [3.05, 3.63) is 12.7 Å². The van der Waals surface area contributed by atoms with Gasteiger partial charge in [0.05, 0.1) is 24.4 Å². The van der Waals surface area contributed by atoms with E-state index >= 15 is 0 Å². The molecule has 1 N–H and O–H groups in total. The van der Waals surface area contributed by atoms with E-state index in [9.17, 15) is 0 Å². The first-order chi connectivity index (χ1) is 7.24. The second-order valence-electron chi connectivity index (χ2n) is 4.65. The van der Waals surface area contributed by atoms with Crippen molar-refractivity contribution in [2.75, 3.05) is 19.7 Å². The lowest BCUT2D eigenvalue weighted by Gasteiger charge is -2.32. The van der Waals surface area contributed by atoms with Crippen molar-refractivity contribution in [1.29, 1.82) is 0 Å². The van der Waals surface area contributed by atoms with Gasteiger partial charge in [-0.1, -0.05) is 6.08 Å². The van der Waals surface area contributed by atoms with E-state index in [2.05, 4.69) is 11.9 Å². The van der Waals surface area contributed by atoms with E-state index in [1.807, 2.05) is 13.0 Å². The second-order valence-corrected chi connectivity index (χ2v) is 4.65. The maximum atomic E-state index is 5.94. The van der Waals surface area contributed by atoms with E-state index in [1.54, 1.807) is 0 Å². The summed E-state index contributed by atoms with van der Waals surface area (Å²) in [6, 6.07) is 0. The Morgan fingerprint density at radius 2 is 2.27 bits per heavy atom. The number of rotatable bonds is 3. The summed E-state index contributed by atoms with van der Waals surface area (Å²) in [7, 11) is 0. The van der Waals surface area contributed by atoms with Crippen LogP contribution in [0.5, 0.6) is 0 Å². The van der Waals surface area contributed by atoms with Gasteiger partial charge in [0.15, 0.2) is 0 Å². The molecule has 2 saturated heterocycles. The van der Waals surface area contributed by atoms with Crippen LogP contribution in [0.2, 0.25) is 0 Å². The Morgan fingerprint density at radius 3 is 2.93 bits per heavy atom. The van der Waals surface area contributed by atoms with Crippen molar-refractivity contribution >= 4 is 0 Å². The van der Waals surface area contributed by atoms with Crippen molar-refractivity contribution in [3.63, 3.8) is 0 Å². The van der Waals surface area contributed by atoms with Gasteiger partial charge in [-0.3, -0.25) is 0 Å². The summed E-state index contributed by atoms with van der Waals surface area (Å²) in [6.45, 7) is 8.65. The zero-order valence-corrected chi connectivity index (χ0v) is 9.50. The van der Waals surface area contributed by atoms with E-state index in [0.29, 0.717) is 0 Å². The van der Waals surface area contributed by atoms with Crippen LogP contribution in [0.15, 0.2) is 12.7 Å². The average molecular weight is 211 g/mol. The molecule has 2 rings (SSSR count). The molecular weight excluding hydrogens is 190 g/mol. The predicted octanol–water partition coefficient (Wildman–Crippen LogP) is 1.49. The van der Waals surface area contributed by atoms with Gasteiger partial charge in [0.2, 0.25) is 0 Å². The molecule has 0 amide bonds. The van der Waals surface area contributed by atoms with Crippen LogP contribution in [0.3, 0.4) is 0 Å². The molecule has 3 heteroatoms. The number of piperidine rings is 1. The van der Waals surface area contributed by atoms with Crippen LogP contribution in [0.4, 0.5) is 0 Å². The molecule has 2 aliphatic heterocycles. The molecule has 0 saturated carbocycles. The summed E-state index contributed by atoms with van der Waals surface area (Å²) in [5.74, 6) is 0. The minimum absolute atomic E-state index is 0.108. The molecule has 2 fully saturated rings. The molecular formula is C12H21NO2. The molecule has 2 atom stereocenters. The first-order valence-electron chi connectivity index (χ1n) is 5.87.